The molecule has 130 valence electrons. The molecule has 0 radical (unpaired) electrons. The number of nitrogens with zero attached hydrogens (tertiary/aromatic N) is 2. The van der Waals surface area contributed by atoms with Crippen molar-refractivity contribution in [3.05, 3.63) is 35.4 Å². The molecule has 0 aromatic heterocycles. The summed E-state index contributed by atoms with van der Waals surface area (Å²) < 4.78 is 0. The average Bonchev–Trinajstić information content (AvgIpc) is 3.10. The van der Waals surface area contributed by atoms with Crippen LogP contribution in [0, 0.1) is 6.92 Å². The van der Waals surface area contributed by atoms with Crippen molar-refractivity contribution in [3.63, 3.8) is 0 Å². The molecule has 1 saturated heterocycles. The zero-order valence-corrected chi connectivity index (χ0v) is 14.5. The lowest BCUT2D eigenvalue weighted by molar-refractivity contribution is -0.137. The SMILES string of the molecule is Cc1ccc(CCNC(=O)N2CCN(C3CCCC3)C(=O)C2)cc1. The van der Waals surface area contributed by atoms with E-state index in [9.17, 15) is 9.59 Å². The van der Waals surface area contributed by atoms with E-state index in [-0.39, 0.29) is 18.5 Å². The number of aryl methyl sites for hydroxylation is 1. The number of nitrogens with one attached hydrogen (secondary N) is 1. The molecule has 0 spiro atoms. The van der Waals surface area contributed by atoms with Crippen LogP contribution in [0.1, 0.15) is 36.8 Å². The molecule has 1 aliphatic heterocycles. The van der Waals surface area contributed by atoms with Gasteiger partial charge in [-0.2, -0.15) is 0 Å². The van der Waals surface area contributed by atoms with E-state index in [1.54, 1.807) is 4.90 Å². The Morgan fingerprint density at radius 3 is 2.54 bits per heavy atom. The summed E-state index contributed by atoms with van der Waals surface area (Å²) in [5.41, 5.74) is 2.45. The monoisotopic (exact) mass is 329 g/mol. The van der Waals surface area contributed by atoms with E-state index in [0.29, 0.717) is 25.7 Å². The van der Waals surface area contributed by atoms with E-state index in [4.69, 9.17) is 0 Å². The van der Waals surface area contributed by atoms with E-state index in [1.807, 2.05) is 4.90 Å². The molecule has 1 aromatic rings. The highest BCUT2D eigenvalue weighted by molar-refractivity contribution is 5.85. The Morgan fingerprint density at radius 2 is 1.88 bits per heavy atom. The summed E-state index contributed by atoms with van der Waals surface area (Å²) >= 11 is 0. The maximum Gasteiger partial charge on any atom is 0.317 e. The first-order valence-electron chi connectivity index (χ1n) is 9.01. The van der Waals surface area contributed by atoms with Gasteiger partial charge in [0, 0.05) is 25.7 Å². The van der Waals surface area contributed by atoms with Crippen LogP contribution in [0.25, 0.3) is 0 Å². The molecule has 0 atom stereocenters. The average molecular weight is 329 g/mol. The predicted molar refractivity (Wildman–Crippen MR) is 93.8 cm³/mol. The molecule has 0 bridgehead atoms. The van der Waals surface area contributed by atoms with Crippen molar-refractivity contribution in [2.75, 3.05) is 26.2 Å². The first kappa shape index (κ1) is 16.8. The molecule has 0 unspecified atom stereocenters. The second kappa shape index (κ2) is 7.69. The van der Waals surface area contributed by atoms with Crippen molar-refractivity contribution in [1.82, 2.24) is 15.1 Å². The molecule has 5 nitrogen and oxygen atoms in total. The van der Waals surface area contributed by atoms with Crippen LogP contribution in [0.15, 0.2) is 24.3 Å². The Morgan fingerprint density at radius 1 is 1.17 bits per heavy atom. The van der Waals surface area contributed by atoms with E-state index in [0.717, 1.165) is 19.3 Å². The third kappa shape index (κ3) is 4.08. The van der Waals surface area contributed by atoms with Crippen molar-refractivity contribution in [3.8, 4) is 0 Å². The van der Waals surface area contributed by atoms with Gasteiger partial charge in [-0.15, -0.1) is 0 Å². The van der Waals surface area contributed by atoms with Gasteiger partial charge in [0.25, 0.3) is 0 Å². The second-order valence-corrected chi connectivity index (χ2v) is 6.91. The zero-order chi connectivity index (χ0) is 16.9. The van der Waals surface area contributed by atoms with Gasteiger partial charge < -0.3 is 15.1 Å². The summed E-state index contributed by atoms with van der Waals surface area (Å²) in [4.78, 5) is 28.2. The highest BCUT2D eigenvalue weighted by atomic mass is 16.2. The van der Waals surface area contributed by atoms with Gasteiger partial charge in [-0.05, 0) is 31.7 Å². The quantitative estimate of drug-likeness (QED) is 0.922. The summed E-state index contributed by atoms with van der Waals surface area (Å²) in [5, 5.41) is 2.94. The number of carbonyl (C=O) groups is 2. The Labute approximate surface area is 144 Å². The van der Waals surface area contributed by atoms with Crippen molar-refractivity contribution >= 4 is 11.9 Å². The summed E-state index contributed by atoms with van der Waals surface area (Å²) in [6.07, 6.45) is 5.49. The molecule has 3 rings (SSSR count). The van der Waals surface area contributed by atoms with Gasteiger partial charge in [0.05, 0.1) is 0 Å². The predicted octanol–water partition coefficient (Wildman–Crippen LogP) is 2.33. The fraction of sp³-hybridized carbons (Fsp3) is 0.579. The molecular weight excluding hydrogens is 302 g/mol. The van der Waals surface area contributed by atoms with Crippen LogP contribution in [-0.4, -0.2) is 54.0 Å². The van der Waals surface area contributed by atoms with Crippen molar-refractivity contribution in [2.24, 2.45) is 0 Å². The molecule has 3 amide bonds. The smallest absolute Gasteiger partial charge is 0.317 e. The lowest BCUT2D eigenvalue weighted by atomic mass is 10.1. The Balaban J connectivity index is 1.42. The molecule has 5 heteroatoms. The van der Waals surface area contributed by atoms with Crippen LogP contribution >= 0.6 is 0 Å². The number of hydrogen-bond acceptors (Lipinski definition) is 2. The highest BCUT2D eigenvalue weighted by Crippen LogP contribution is 2.24. The lowest BCUT2D eigenvalue weighted by Gasteiger charge is -2.37. The molecule has 1 saturated carbocycles. The number of carbonyl (C=O) groups excluding carboxylic acids is 2. The lowest BCUT2D eigenvalue weighted by Crippen LogP contribution is -2.56. The molecule has 2 fully saturated rings. The molecule has 1 aliphatic carbocycles. The number of benzene rings is 1. The maximum atomic E-state index is 12.3. The molecule has 2 aliphatic rings. The highest BCUT2D eigenvalue weighted by Gasteiger charge is 2.32. The second-order valence-electron chi connectivity index (χ2n) is 6.91. The Bertz CT molecular complexity index is 579. The number of amides is 3. The van der Waals surface area contributed by atoms with Crippen molar-refractivity contribution in [1.29, 1.82) is 0 Å². The molecule has 1 heterocycles. The fourth-order valence-electron chi connectivity index (χ4n) is 3.64. The van der Waals surface area contributed by atoms with Crippen LogP contribution in [0.3, 0.4) is 0 Å². The Kier molecular flexibility index (Phi) is 5.38. The standard InChI is InChI=1S/C19H27N3O2/c1-15-6-8-16(9-7-15)10-11-20-19(24)21-12-13-22(18(23)14-21)17-4-2-3-5-17/h6-9,17H,2-5,10-14H2,1H3,(H,20,24). The van der Waals surface area contributed by atoms with Crippen LogP contribution < -0.4 is 5.32 Å². The maximum absolute atomic E-state index is 12.3. The normalized spacial score (nSPS) is 19.0. The minimum Gasteiger partial charge on any atom is -0.338 e. The van der Waals surface area contributed by atoms with Crippen LogP contribution in [0.2, 0.25) is 0 Å². The summed E-state index contributed by atoms with van der Waals surface area (Å²) in [5.74, 6) is 0.0989. The third-order valence-electron chi connectivity index (χ3n) is 5.12. The van der Waals surface area contributed by atoms with E-state index in [1.165, 1.54) is 24.0 Å². The van der Waals surface area contributed by atoms with Gasteiger partial charge in [-0.25, -0.2) is 4.79 Å². The first-order chi connectivity index (χ1) is 11.6. The number of hydrogen-bond donors (Lipinski definition) is 1. The van der Waals surface area contributed by atoms with Gasteiger partial charge in [0.15, 0.2) is 0 Å². The molecular formula is C19H27N3O2. The number of piperazine rings is 1. The Hall–Kier alpha value is -2.04. The minimum atomic E-state index is -0.124. The summed E-state index contributed by atoms with van der Waals surface area (Å²) in [7, 11) is 0. The first-order valence-corrected chi connectivity index (χ1v) is 9.01. The van der Waals surface area contributed by atoms with Crippen molar-refractivity contribution < 1.29 is 9.59 Å². The van der Waals surface area contributed by atoms with Gasteiger partial charge in [-0.3, -0.25) is 4.79 Å². The molecule has 1 N–H and O–H groups in total. The van der Waals surface area contributed by atoms with Gasteiger partial charge >= 0.3 is 6.03 Å². The topological polar surface area (TPSA) is 52.7 Å². The minimum absolute atomic E-state index is 0.0989. The van der Waals surface area contributed by atoms with Crippen LogP contribution in [-0.2, 0) is 11.2 Å². The van der Waals surface area contributed by atoms with Gasteiger partial charge in [-0.1, -0.05) is 42.7 Å². The molecule has 24 heavy (non-hydrogen) atoms. The van der Waals surface area contributed by atoms with E-state index >= 15 is 0 Å². The fourth-order valence-corrected chi connectivity index (χ4v) is 3.64. The van der Waals surface area contributed by atoms with Crippen molar-refractivity contribution in [2.45, 2.75) is 45.1 Å². The number of urea groups is 1. The van der Waals surface area contributed by atoms with E-state index in [2.05, 4.69) is 36.5 Å². The van der Waals surface area contributed by atoms with Gasteiger partial charge in [0.2, 0.25) is 5.91 Å². The number of rotatable bonds is 4. The van der Waals surface area contributed by atoms with Gasteiger partial charge in [0.1, 0.15) is 6.54 Å². The van der Waals surface area contributed by atoms with E-state index < -0.39 is 0 Å². The summed E-state index contributed by atoms with van der Waals surface area (Å²) in [6.45, 7) is 4.19. The third-order valence-corrected chi connectivity index (χ3v) is 5.12. The molecule has 1 aromatic carbocycles. The van der Waals surface area contributed by atoms with Crippen LogP contribution in [0.4, 0.5) is 4.79 Å². The zero-order valence-electron chi connectivity index (χ0n) is 14.5. The van der Waals surface area contributed by atoms with Crippen LogP contribution in [0.5, 0.6) is 0 Å². The summed E-state index contributed by atoms with van der Waals surface area (Å²) in [6, 6.07) is 8.62. The largest absolute Gasteiger partial charge is 0.338 e.